The Balaban J connectivity index is 1.81. The summed E-state index contributed by atoms with van der Waals surface area (Å²) in [5.41, 5.74) is 1.80. The van der Waals surface area contributed by atoms with Gasteiger partial charge in [0.1, 0.15) is 0 Å². The number of carbonyl (C=O) groups excluding carboxylic acids is 1. The summed E-state index contributed by atoms with van der Waals surface area (Å²) in [6, 6.07) is 5.59. The van der Waals surface area contributed by atoms with Gasteiger partial charge in [-0.1, -0.05) is 30.5 Å². The van der Waals surface area contributed by atoms with Gasteiger partial charge in [-0.15, -0.1) is 0 Å². The van der Waals surface area contributed by atoms with Crippen molar-refractivity contribution < 1.29 is 9.53 Å². The molecule has 1 atom stereocenters. The third-order valence-electron chi connectivity index (χ3n) is 4.84. The maximum absolute atomic E-state index is 12.8. The molecule has 0 radical (unpaired) electrons. The SMILES string of the molecule is Cc1ccc(Cl)cc1C(=O)C1CCOC2(CCCC2)C1. The van der Waals surface area contributed by atoms with E-state index in [1.165, 1.54) is 12.8 Å². The van der Waals surface area contributed by atoms with Gasteiger partial charge in [-0.25, -0.2) is 0 Å². The van der Waals surface area contributed by atoms with Gasteiger partial charge in [-0.05, 0) is 50.3 Å². The molecular formula is C17H21ClO2. The predicted molar refractivity (Wildman–Crippen MR) is 80.4 cm³/mol. The van der Waals surface area contributed by atoms with Crippen molar-refractivity contribution in [2.45, 2.75) is 51.0 Å². The third kappa shape index (κ3) is 2.64. The summed E-state index contributed by atoms with van der Waals surface area (Å²) in [5, 5.41) is 0.640. The second-order valence-corrected chi connectivity index (χ2v) is 6.69. The number of aryl methyl sites for hydroxylation is 1. The second-order valence-electron chi connectivity index (χ2n) is 6.25. The van der Waals surface area contributed by atoms with Crippen LogP contribution in [0, 0.1) is 12.8 Å². The van der Waals surface area contributed by atoms with Crippen molar-refractivity contribution in [1.82, 2.24) is 0 Å². The molecule has 1 spiro atoms. The number of Topliss-reactive ketones (excluding diaryl/α,β-unsaturated/α-hetero) is 1. The van der Waals surface area contributed by atoms with E-state index in [1.54, 1.807) is 0 Å². The Kier molecular flexibility index (Phi) is 3.87. The Labute approximate surface area is 125 Å². The van der Waals surface area contributed by atoms with Gasteiger partial charge in [0.25, 0.3) is 0 Å². The Morgan fingerprint density at radius 3 is 2.85 bits per heavy atom. The molecule has 20 heavy (non-hydrogen) atoms. The highest BCUT2D eigenvalue weighted by molar-refractivity contribution is 6.31. The lowest BCUT2D eigenvalue weighted by Crippen LogP contribution is -2.39. The molecule has 1 aromatic carbocycles. The molecular weight excluding hydrogens is 272 g/mol. The topological polar surface area (TPSA) is 26.3 Å². The van der Waals surface area contributed by atoms with Crippen LogP contribution in [0.15, 0.2) is 18.2 Å². The van der Waals surface area contributed by atoms with Crippen LogP contribution in [0.3, 0.4) is 0 Å². The first-order chi connectivity index (χ1) is 9.60. The molecule has 0 aromatic heterocycles. The van der Waals surface area contributed by atoms with Crippen LogP contribution in [0.1, 0.15) is 54.4 Å². The molecule has 1 saturated heterocycles. The highest BCUT2D eigenvalue weighted by Crippen LogP contribution is 2.43. The number of ether oxygens (including phenoxy) is 1. The van der Waals surface area contributed by atoms with Crippen molar-refractivity contribution in [1.29, 1.82) is 0 Å². The first kappa shape index (κ1) is 14.1. The lowest BCUT2D eigenvalue weighted by atomic mass is 9.80. The van der Waals surface area contributed by atoms with Crippen molar-refractivity contribution in [2.24, 2.45) is 5.92 Å². The molecule has 0 amide bonds. The Morgan fingerprint density at radius 2 is 2.10 bits per heavy atom. The van der Waals surface area contributed by atoms with Crippen LogP contribution in [0.25, 0.3) is 0 Å². The summed E-state index contributed by atoms with van der Waals surface area (Å²) in [4.78, 5) is 12.8. The summed E-state index contributed by atoms with van der Waals surface area (Å²) in [7, 11) is 0. The van der Waals surface area contributed by atoms with Gasteiger partial charge in [-0.3, -0.25) is 4.79 Å². The standard InChI is InChI=1S/C17H21ClO2/c1-12-4-5-14(18)10-15(12)16(19)13-6-9-20-17(11-13)7-2-3-8-17/h4-5,10,13H,2-3,6-9,11H2,1H3. The fraction of sp³-hybridized carbons (Fsp3) is 0.588. The summed E-state index contributed by atoms with van der Waals surface area (Å²) >= 11 is 6.04. The van der Waals surface area contributed by atoms with Crippen LogP contribution in [-0.4, -0.2) is 18.0 Å². The van der Waals surface area contributed by atoms with Crippen molar-refractivity contribution in [3.05, 3.63) is 34.3 Å². The summed E-state index contributed by atoms with van der Waals surface area (Å²) in [6.07, 6.45) is 6.43. The lowest BCUT2D eigenvalue weighted by Gasteiger charge is -2.37. The highest BCUT2D eigenvalue weighted by Gasteiger charge is 2.42. The second kappa shape index (κ2) is 5.50. The molecule has 2 fully saturated rings. The summed E-state index contributed by atoms with van der Waals surface area (Å²) in [5.74, 6) is 0.346. The molecule has 0 N–H and O–H groups in total. The average Bonchev–Trinajstić information content (AvgIpc) is 2.88. The minimum absolute atomic E-state index is 0.00887. The number of ketones is 1. The summed E-state index contributed by atoms with van der Waals surface area (Å²) < 4.78 is 6.02. The zero-order chi connectivity index (χ0) is 14.2. The lowest BCUT2D eigenvalue weighted by molar-refractivity contribution is -0.0866. The Bertz CT molecular complexity index is 518. The highest BCUT2D eigenvalue weighted by atomic mass is 35.5. The fourth-order valence-electron chi connectivity index (χ4n) is 3.70. The van der Waals surface area contributed by atoms with E-state index in [1.807, 2.05) is 25.1 Å². The van der Waals surface area contributed by atoms with Gasteiger partial charge >= 0.3 is 0 Å². The van der Waals surface area contributed by atoms with Gasteiger partial charge in [0.05, 0.1) is 5.60 Å². The molecule has 108 valence electrons. The van der Waals surface area contributed by atoms with Crippen LogP contribution in [0.4, 0.5) is 0 Å². The number of benzene rings is 1. The monoisotopic (exact) mass is 292 g/mol. The predicted octanol–water partition coefficient (Wildman–Crippen LogP) is 4.57. The first-order valence-electron chi connectivity index (χ1n) is 7.54. The van der Waals surface area contributed by atoms with Crippen molar-refractivity contribution >= 4 is 17.4 Å². The van der Waals surface area contributed by atoms with E-state index in [4.69, 9.17) is 16.3 Å². The van der Waals surface area contributed by atoms with Gasteiger partial charge in [-0.2, -0.15) is 0 Å². The number of carbonyl (C=O) groups is 1. The van der Waals surface area contributed by atoms with E-state index in [-0.39, 0.29) is 17.3 Å². The molecule has 3 rings (SSSR count). The van der Waals surface area contributed by atoms with Crippen LogP contribution in [0.2, 0.25) is 5.02 Å². The average molecular weight is 293 g/mol. The van der Waals surface area contributed by atoms with E-state index in [9.17, 15) is 4.79 Å². The van der Waals surface area contributed by atoms with Crippen LogP contribution in [-0.2, 0) is 4.74 Å². The minimum Gasteiger partial charge on any atom is -0.375 e. The molecule has 3 heteroatoms. The van der Waals surface area contributed by atoms with E-state index in [0.29, 0.717) is 5.02 Å². The van der Waals surface area contributed by atoms with E-state index >= 15 is 0 Å². The van der Waals surface area contributed by atoms with E-state index in [0.717, 1.165) is 43.4 Å². The summed E-state index contributed by atoms with van der Waals surface area (Å²) in [6.45, 7) is 2.70. The maximum Gasteiger partial charge on any atom is 0.166 e. The number of hydrogen-bond donors (Lipinski definition) is 0. The molecule has 1 heterocycles. The first-order valence-corrected chi connectivity index (χ1v) is 7.92. The number of rotatable bonds is 2. The zero-order valence-electron chi connectivity index (χ0n) is 12.0. The largest absolute Gasteiger partial charge is 0.375 e. The molecule has 2 aliphatic rings. The van der Waals surface area contributed by atoms with Crippen LogP contribution in [0.5, 0.6) is 0 Å². The van der Waals surface area contributed by atoms with E-state index in [2.05, 4.69) is 0 Å². The maximum atomic E-state index is 12.8. The van der Waals surface area contributed by atoms with Crippen molar-refractivity contribution in [3.8, 4) is 0 Å². The van der Waals surface area contributed by atoms with Gasteiger partial charge in [0, 0.05) is 23.1 Å². The van der Waals surface area contributed by atoms with Gasteiger partial charge < -0.3 is 4.74 Å². The number of hydrogen-bond acceptors (Lipinski definition) is 2. The molecule has 1 aliphatic carbocycles. The fourth-order valence-corrected chi connectivity index (χ4v) is 3.87. The van der Waals surface area contributed by atoms with Crippen molar-refractivity contribution in [3.63, 3.8) is 0 Å². The minimum atomic E-state index is -0.00887. The zero-order valence-corrected chi connectivity index (χ0v) is 12.7. The Hall–Kier alpha value is -0.860. The smallest absolute Gasteiger partial charge is 0.166 e. The molecule has 1 unspecified atom stereocenters. The molecule has 2 nitrogen and oxygen atoms in total. The van der Waals surface area contributed by atoms with Crippen LogP contribution >= 0.6 is 11.6 Å². The molecule has 1 aromatic rings. The number of halogens is 1. The van der Waals surface area contributed by atoms with Crippen LogP contribution < -0.4 is 0 Å². The Morgan fingerprint density at radius 1 is 1.35 bits per heavy atom. The quantitative estimate of drug-likeness (QED) is 0.746. The van der Waals surface area contributed by atoms with Crippen molar-refractivity contribution in [2.75, 3.05) is 6.61 Å². The molecule has 0 bridgehead atoms. The van der Waals surface area contributed by atoms with Gasteiger partial charge in [0.2, 0.25) is 0 Å². The molecule has 1 aliphatic heterocycles. The van der Waals surface area contributed by atoms with Gasteiger partial charge in [0.15, 0.2) is 5.78 Å². The third-order valence-corrected chi connectivity index (χ3v) is 5.08. The normalized spacial score (nSPS) is 25.0. The van der Waals surface area contributed by atoms with E-state index < -0.39 is 0 Å². The molecule has 1 saturated carbocycles.